The molecule has 1 unspecified atom stereocenters. The average molecular weight is 466 g/mol. The highest BCUT2D eigenvalue weighted by Gasteiger charge is 2.38. The van der Waals surface area contributed by atoms with Gasteiger partial charge in [-0.3, -0.25) is 9.59 Å². The van der Waals surface area contributed by atoms with Crippen molar-refractivity contribution in [2.24, 2.45) is 4.99 Å². The van der Waals surface area contributed by atoms with E-state index in [9.17, 15) is 9.59 Å². The number of carbonyl (C=O) groups excluding carboxylic acids is 2. The zero-order chi connectivity index (χ0) is 23.7. The van der Waals surface area contributed by atoms with Crippen LogP contribution in [0.2, 0.25) is 0 Å². The molecule has 1 aliphatic carbocycles. The van der Waals surface area contributed by atoms with Crippen molar-refractivity contribution in [3.8, 4) is 0 Å². The van der Waals surface area contributed by atoms with Crippen LogP contribution in [0.3, 0.4) is 0 Å². The molecular weight excluding hydrogens is 437 g/mol. The number of hydrogen-bond acceptors (Lipinski definition) is 4. The van der Waals surface area contributed by atoms with Gasteiger partial charge in [-0.2, -0.15) is 4.99 Å². The second kappa shape index (κ2) is 9.06. The molecule has 178 valence electrons. The van der Waals surface area contributed by atoms with Crippen molar-refractivity contribution in [3.05, 3.63) is 58.9 Å². The molecule has 3 fully saturated rings. The van der Waals surface area contributed by atoms with Crippen LogP contribution in [0, 0.1) is 5.82 Å². The smallest absolute Gasteiger partial charge is 0.280 e. The Bertz CT molecular complexity index is 1150. The maximum absolute atomic E-state index is 15.4. The van der Waals surface area contributed by atoms with Gasteiger partial charge in [-0.1, -0.05) is 6.07 Å². The number of benzene rings is 2. The van der Waals surface area contributed by atoms with Crippen LogP contribution >= 0.6 is 0 Å². The van der Waals surface area contributed by atoms with Gasteiger partial charge >= 0.3 is 0 Å². The van der Waals surface area contributed by atoms with Crippen LogP contribution in [0.15, 0.2) is 41.4 Å². The van der Waals surface area contributed by atoms with Crippen LogP contribution in [-0.2, 0) is 4.74 Å². The summed E-state index contributed by atoms with van der Waals surface area (Å²) in [7, 11) is 0. The number of rotatable bonds is 6. The first-order valence-corrected chi connectivity index (χ1v) is 11.7. The van der Waals surface area contributed by atoms with Crippen molar-refractivity contribution in [3.63, 3.8) is 0 Å². The Balaban J connectivity index is 1.44. The van der Waals surface area contributed by atoms with Gasteiger partial charge in [0.25, 0.3) is 11.8 Å². The molecule has 3 aliphatic rings. The summed E-state index contributed by atoms with van der Waals surface area (Å²) in [5.41, 5.74) is 1.90. The fraction of sp³-hybridized carbons (Fsp3) is 0.400. The SMILES string of the molecule is CC1(NC(=O)c2cccc(Nc3c(F)cc(C(=O)N=C4NCCN4)cc3C3CCCO3)c2)CC1. The van der Waals surface area contributed by atoms with Crippen LogP contribution in [0.4, 0.5) is 15.8 Å². The fourth-order valence-corrected chi connectivity index (χ4v) is 4.17. The Hall–Kier alpha value is -3.46. The molecule has 8 nitrogen and oxygen atoms in total. The number of carbonyl (C=O) groups is 2. The lowest BCUT2D eigenvalue weighted by molar-refractivity contribution is 0.0934. The summed E-state index contributed by atoms with van der Waals surface area (Å²) >= 11 is 0. The molecule has 1 saturated carbocycles. The molecule has 0 bridgehead atoms. The standard InChI is InChI=1S/C25H28FN5O3/c1-25(7-8-25)31-23(33)15-4-2-5-17(12-15)29-21-18(20-6-3-11-34-20)13-16(14-19(21)26)22(32)30-24-27-9-10-28-24/h2,4-5,12-14,20,29H,3,6-11H2,1H3,(H,31,33)(H2,27,28,30,32). The van der Waals surface area contributed by atoms with Gasteiger partial charge in [0, 0.05) is 47.6 Å². The molecule has 9 heteroatoms. The van der Waals surface area contributed by atoms with Crippen LogP contribution in [0.25, 0.3) is 0 Å². The van der Waals surface area contributed by atoms with Gasteiger partial charge in [-0.25, -0.2) is 4.39 Å². The van der Waals surface area contributed by atoms with Crippen LogP contribution < -0.4 is 21.3 Å². The van der Waals surface area contributed by atoms with E-state index in [1.54, 1.807) is 30.3 Å². The van der Waals surface area contributed by atoms with E-state index >= 15 is 4.39 Å². The lowest BCUT2D eigenvalue weighted by atomic mass is 10.00. The van der Waals surface area contributed by atoms with Gasteiger partial charge < -0.3 is 26.0 Å². The molecule has 2 amide bonds. The summed E-state index contributed by atoms with van der Waals surface area (Å²) in [6.45, 7) is 3.96. The molecule has 2 aromatic carbocycles. The third-order valence-electron chi connectivity index (χ3n) is 6.38. The maximum Gasteiger partial charge on any atom is 0.280 e. The molecular formula is C25H28FN5O3. The first kappa shape index (κ1) is 22.3. The number of guanidine groups is 1. The Morgan fingerprint density at radius 3 is 2.65 bits per heavy atom. The van der Waals surface area contributed by atoms with E-state index in [1.807, 2.05) is 6.92 Å². The van der Waals surface area contributed by atoms with E-state index in [0.29, 0.717) is 42.5 Å². The van der Waals surface area contributed by atoms with Crippen molar-refractivity contribution >= 4 is 29.1 Å². The number of nitrogens with zero attached hydrogens (tertiary/aromatic N) is 1. The van der Waals surface area contributed by atoms with E-state index in [4.69, 9.17) is 4.74 Å². The molecule has 1 atom stereocenters. The van der Waals surface area contributed by atoms with E-state index in [-0.39, 0.29) is 28.8 Å². The highest BCUT2D eigenvalue weighted by molar-refractivity contribution is 6.03. The summed E-state index contributed by atoms with van der Waals surface area (Å²) in [6.07, 6.45) is 3.19. The number of amides is 2. The van der Waals surface area contributed by atoms with Crippen LogP contribution in [0.5, 0.6) is 0 Å². The monoisotopic (exact) mass is 465 g/mol. The second-order valence-electron chi connectivity index (χ2n) is 9.26. The quantitative estimate of drug-likeness (QED) is 0.522. The predicted octanol–water partition coefficient (Wildman–Crippen LogP) is 3.39. The highest BCUT2D eigenvalue weighted by Crippen LogP contribution is 2.38. The van der Waals surface area contributed by atoms with Crippen molar-refractivity contribution in [1.29, 1.82) is 0 Å². The lowest BCUT2D eigenvalue weighted by Gasteiger charge is -2.19. The number of anilines is 2. The fourth-order valence-electron chi connectivity index (χ4n) is 4.17. The number of halogens is 1. The zero-order valence-electron chi connectivity index (χ0n) is 19.0. The third kappa shape index (κ3) is 4.89. The van der Waals surface area contributed by atoms with Gasteiger partial charge in [-0.15, -0.1) is 0 Å². The molecule has 0 aromatic heterocycles. The summed E-state index contributed by atoms with van der Waals surface area (Å²) in [4.78, 5) is 29.3. The minimum absolute atomic E-state index is 0.130. The number of ether oxygens (including phenoxy) is 1. The summed E-state index contributed by atoms with van der Waals surface area (Å²) < 4.78 is 21.2. The lowest BCUT2D eigenvalue weighted by Crippen LogP contribution is -2.34. The van der Waals surface area contributed by atoms with E-state index < -0.39 is 11.7 Å². The Kier molecular flexibility index (Phi) is 5.95. The van der Waals surface area contributed by atoms with Gasteiger partial charge in [0.2, 0.25) is 0 Å². The number of nitrogens with one attached hydrogen (secondary N) is 4. The van der Waals surface area contributed by atoms with Crippen LogP contribution in [0.1, 0.15) is 65.0 Å². The zero-order valence-corrected chi connectivity index (χ0v) is 19.0. The average Bonchev–Trinajstić information content (AvgIpc) is 3.23. The minimum Gasteiger partial charge on any atom is -0.373 e. The summed E-state index contributed by atoms with van der Waals surface area (Å²) in [5, 5.41) is 12.1. The second-order valence-corrected chi connectivity index (χ2v) is 9.26. The normalized spacial score (nSPS) is 20.3. The van der Waals surface area contributed by atoms with E-state index in [1.165, 1.54) is 6.07 Å². The van der Waals surface area contributed by atoms with Gasteiger partial charge in [-0.05, 0) is 62.9 Å². The minimum atomic E-state index is -0.579. The number of hydrogen-bond donors (Lipinski definition) is 4. The molecule has 2 aliphatic heterocycles. The van der Waals surface area contributed by atoms with Crippen molar-refractivity contribution in [1.82, 2.24) is 16.0 Å². The third-order valence-corrected chi connectivity index (χ3v) is 6.38. The van der Waals surface area contributed by atoms with E-state index in [2.05, 4.69) is 26.3 Å². The Labute approximate surface area is 197 Å². The Morgan fingerprint density at radius 1 is 1.15 bits per heavy atom. The molecule has 0 radical (unpaired) electrons. The highest BCUT2D eigenvalue weighted by atomic mass is 19.1. The molecule has 5 rings (SSSR count). The largest absolute Gasteiger partial charge is 0.373 e. The first-order chi connectivity index (χ1) is 16.4. The summed E-state index contributed by atoms with van der Waals surface area (Å²) in [5.74, 6) is -0.878. The molecule has 4 N–H and O–H groups in total. The van der Waals surface area contributed by atoms with Crippen molar-refractivity contribution in [2.45, 2.75) is 44.2 Å². The topological polar surface area (TPSA) is 104 Å². The molecule has 0 spiro atoms. The molecule has 2 aromatic rings. The molecule has 2 saturated heterocycles. The first-order valence-electron chi connectivity index (χ1n) is 11.7. The predicted molar refractivity (Wildman–Crippen MR) is 127 cm³/mol. The maximum atomic E-state index is 15.4. The Morgan fingerprint density at radius 2 is 1.94 bits per heavy atom. The van der Waals surface area contributed by atoms with E-state index in [0.717, 1.165) is 25.7 Å². The number of aliphatic imine (C=N–C) groups is 1. The van der Waals surface area contributed by atoms with Crippen molar-refractivity contribution in [2.75, 3.05) is 25.0 Å². The van der Waals surface area contributed by atoms with Crippen LogP contribution in [-0.4, -0.2) is 43.0 Å². The molecule has 34 heavy (non-hydrogen) atoms. The summed E-state index contributed by atoms with van der Waals surface area (Å²) in [6, 6.07) is 9.79. The molecule has 2 heterocycles. The van der Waals surface area contributed by atoms with Gasteiger partial charge in [0.15, 0.2) is 5.96 Å². The van der Waals surface area contributed by atoms with Gasteiger partial charge in [0.05, 0.1) is 11.8 Å². The van der Waals surface area contributed by atoms with Gasteiger partial charge in [0.1, 0.15) is 5.82 Å². The van der Waals surface area contributed by atoms with Crippen molar-refractivity contribution < 1.29 is 18.7 Å².